The number of nitrogens with one attached hydrogen (secondary N) is 1. The molecule has 0 aliphatic rings. The van der Waals surface area contributed by atoms with Crippen molar-refractivity contribution in [3.63, 3.8) is 0 Å². The summed E-state index contributed by atoms with van der Waals surface area (Å²) in [4.78, 5) is 24.9. The quantitative estimate of drug-likeness (QED) is 0.871. The third-order valence-electron chi connectivity index (χ3n) is 2.38. The Labute approximate surface area is 125 Å². The number of aromatic nitrogens is 2. The molecule has 7 heteroatoms. The fraction of sp³-hybridized carbons (Fsp3) is 0.167. The molecule has 0 saturated carbocycles. The first-order valence-electron chi connectivity index (χ1n) is 5.44. The largest absolute Gasteiger partial charge is 0.492 e. The van der Waals surface area contributed by atoms with Crippen LogP contribution < -0.4 is 16.0 Å². The lowest BCUT2D eigenvalue weighted by atomic mass is 10.3. The molecule has 2 rings (SSSR count). The third-order valence-corrected chi connectivity index (χ3v) is 3.48. The molecule has 0 fully saturated rings. The van der Waals surface area contributed by atoms with Gasteiger partial charge in [0.25, 0.3) is 5.56 Å². The fourth-order valence-electron chi connectivity index (χ4n) is 1.44. The lowest BCUT2D eigenvalue weighted by molar-refractivity contribution is 0.295. The molecule has 1 aromatic carbocycles. The van der Waals surface area contributed by atoms with E-state index in [1.54, 1.807) is 0 Å². The molecule has 0 atom stereocenters. The zero-order chi connectivity index (χ0) is 13.8. The van der Waals surface area contributed by atoms with Crippen molar-refractivity contribution in [1.82, 2.24) is 9.55 Å². The van der Waals surface area contributed by atoms with Crippen molar-refractivity contribution < 1.29 is 4.74 Å². The smallest absolute Gasteiger partial charge is 0.328 e. The Kier molecular flexibility index (Phi) is 4.60. The second-order valence-corrected chi connectivity index (χ2v) is 5.50. The van der Waals surface area contributed by atoms with Crippen LogP contribution in [-0.2, 0) is 6.54 Å². The van der Waals surface area contributed by atoms with Gasteiger partial charge in [0, 0.05) is 10.7 Å². The van der Waals surface area contributed by atoms with Crippen LogP contribution in [0.15, 0.2) is 49.0 Å². The lowest BCUT2D eigenvalue weighted by Crippen LogP contribution is -2.31. The minimum absolute atomic E-state index is 0.316. The van der Waals surface area contributed by atoms with E-state index in [9.17, 15) is 9.59 Å². The molecule has 1 N–H and O–H groups in total. The number of H-pyrrole nitrogens is 1. The molecule has 0 aliphatic carbocycles. The van der Waals surface area contributed by atoms with Gasteiger partial charge in [-0.1, -0.05) is 15.9 Å². The van der Waals surface area contributed by atoms with Crippen molar-refractivity contribution in [1.29, 1.82) is 0 Å². The van der Waals surface area contributed by atoms with E-state index in [0.29, 0.717) is 17.6 Å². The summed E-state index contributed by atoms with van der Waals surface area (Å²) < 4.78 is 8.17. The van der Waals surface area contributed by atoms with E-state index in [4.69, 9.17) is 4.74 Å². The molecular weight excluding hydrogens is 380 g/mol. The van der Waals surface area contributed by atoms with Crippen LogP contribution in [0.4, 0.5) is 0 Å². The van der Waals surface area contributed by atoms with Crippen LogP contribution in [0.2, 0.25) is 0 Å². The molecular formula is C12H10Br2N2O3. The van der Waals surface area contributed by atoms with Crippen molar-refractivity contribution in [3.05, 3.63) is 60.2 Å². The average molecular weight is 390 g/mol. The Bertz CT molecular complexity index is 677. The summed E-state index contributed by atoms with van der Waals surface area (Å²) in [6.45, 7) is 0.685. The van der Waals surface area contributed by atoms with E-state index in [1.807, 2.05) is 24.3 Å². The van der Waals surface area contributed by atoms with E-state index in [1.165, 1.54) is 10.8 Å². The Hall–Kier alpha value is -1.34. The van der Waals surface area contributed by atoms with Crippen LogP contribution in [0.5, 0.6) is 5.75 Å². The summed E-state index contributed by atoms with van der Waals surface area (Å²) in [5.41, 5.74) is -0.886. The first kappa shape index (κ1) is 14.1. The van der Waals surface area contributed by atoms with Gasteiger partial charge < -0.3 is 4.74 Å². The summed E-state index contributed by atoms with van der Waals surface area (Å²) >= 11 is 6.41. The van der Waals surface area contributed by atoms with Crippen LogP contribution in [0.3, 0.4) is 0 Å². The standard InChI is InChI=1S/C12H10Br2N2O3/c13-8-1-3-9(4-2-8)19-6-5-16-7-10(14)11(17)15-12(16)18/h1-4,7H,5-6H2,(H,15,17,18). The Balaban J connectivity index is 2.00. The van der Waals surface area contributed by atoms with E-state index < -0.39 is 11.2 Å². The number of benzene rings is 1. The maximum absolute atomic E-state index is 11.5. The fourth-order valence-corrected chi connectivity index (χ4v) is 2.05. The van der Waals surface area contributed by atoms with Crippen LogP contribution in [0.25, 0.3) is 0 Å². The molecule has 1 heterocycles. The minimum atomic E-state index is -0.451. The predicted octanol–water partition coefficient (Wildman–Crippen LogP) is 2.14. The molecule has 0 amide bonds. The average Bonchev–Trinajstić information content (AvgIpc) is 2.38. The number of hydrogen-bond acceptors (Lipinski definition) is 3. The highest BCUT2D eigenvalue weighted by Gasteiger charge is 2.02. The van der Waals surface area contributed by atoms with Gasteiger partial charge in [0.05, 0.1) is 11.0 Å². The van der Waals surface area contributed by atoms with Gasteiger partial charge in [-0.05, 0) is 40.2 Å². The molecule has 0 radical (unpaired) electrons. The molecule has 0 bridgehead atoms. The summed E-state index contributed by atoms with van der Waals surface area (Å²) in [5.74, 6) is 0.722. The Morgan fingerprint density at radius 3 is 2.53 bits per heavy atom. The van der Waals surface area contributed by atoms with Gasteiger partial charge in [0.15, 0.2) is 0 Å². The molecule has 0 saturated heterocycles. The first-order valence-corrected chi connectivity index (χ1v) is 7.02. The number of hydrogen-bond donors (Lipinski definition) is 1. The Morgan fingerprint density at radius 1 is 1.16 bits per heavy atom. The third kappa shape index (κ3) is 3.81. The summed E-state index contributed by atoms with van der Waals surface area (Å²) in [6.07, 6.45) is 1.45. The highest BCUT2D eigenvalue weighted by Crippen LogP contribution is 2.15. The van der Waals surface area contributed by atoms with Crippen molar-refractivity contribution in [2.75, 3.05) is 6.61 Å². The normalized spacial score (nSPS) is 10.4. The van der Waals surface area contributed by atoms with Crippen LogP contribution >= 0.6 is 31.9 Å². The second kappa shape index (κ2) is 6.21. The molecule has 100 valence electrons. The summed E-state index contributed by atoms with van der Waals surface area (Å²) in [7, 11) is 0. The van der Waals surface area contributed by atoms with E-state index in [0.717, 1.165) is 10.2 Å². The zero-order valence-corrected chi connectivity index (χ0v) is 12.9. The Morgan fingerprint density at radius 2 is 1.84 bits per heavy atom. The zero-order valence-electron chi connectivity index (χ0n) is 9.73. The van der Waals surface area contributed by atoms with Crippen LogP contribution in [0, 0.1) is 0 Å². The molecule has 0 spiro atoms. The van der Waals surface area contributed by atoms with Crippen molar-refractivity contribution in [3.8, 4) is 5.75 Å². The molecule has 1 aromatic heterocycles. The van der Waals surface area contributed by atoms with Gasteiger partial charge in [-0.25, -0.2) is 4.79 Å². The lowest BCUT2D eigenvalue weighted by Gasteiger charge is -2.08. The van der Waals surface area contributed by atoms with Crippen molar-refractivity contribution in [2.24, 2.45) is 0 Å². The summed E-state index contributed by atoms with van der Waals surface area (Å²) in [5, 5.41) is 0. The second-order valence-electron chi connectivity index (χ2n) is 3.73. The molecule has 0 unspecified atom stereocenters. The number of halogens is 2. The monoisotopic (exact) mass is 388 g/mol. The first-order chi connectivity index (χ1) is 9.06. The number of aromatic amines is 1. The van der Waals surface area contributed by atoms with Gasteiger partial charge >= 0.3 is 5.69 Å². The number of ether oxygens (including phenoxy) is 1. The molecule has 5 nitrogen and oxygen atoms in total. The molecule has 0 aliphatic heterocycles. The number of nitrogens with zero attached hydrogens (tertiary/aromatic N) is 1. The van der Waals surface area contributed by atoms with Gasteiger partial charge in [-0.2, -0.15) is 0 Å². The highest BCUT2D eigenvalue weighted by atomic mass is 79.9. The van der Waals surface area contributed by atoms with Crippen LogP contribution in [0.1, 0.15) is 0 Å². The van der Waals surface area contributed by atoms with Gasteiger partial charge in [0.1, 0.15) is 12.4 Å². The van der Waals surface area contributed by atoms with E-state index >= 15 is 0 Å². The highest BCUT2D eigenvalue weighted by molar-refractivity contribution is 9.10. The van der Waals surface area contributed by atoms with E-state index in [2.05, 4.69) is 36.8 Å². The maximum Gasteiger partial charge on any atom is 0.328 e. The molecule has 2 aromatic rings. The van der Waals surface area contributed by atoms with Crippen molar-refractivity contribution >= 4 is 31.9 Å². The van der Waals surface area contributed by atoms with Gasteiger partial charge in [0.2, 0.25) is 0 Å². The van der Waals surface area contributed by atoms with Gasteiger partial charge in [-0.15, -0.1) is 0 Å². The SMILES string of the molecule is O=c1[nH]c(=O)n(CCOc2ccc(Br)cc2)cc1Br. The molecule has 19 heavy (non-hydrogen) atoms. The van der Waals surface area contributed by atoms with Crippen LogP contribution in [-0.4, -0.2) is 16.2 Å². The number of rotatable bonds is 4. The topological polar surface area (TPSA) is 64.1 Å². The maximum atomic E-state index is 11.5. The minimum Gasteiger partial charge on any atom is -0.492 e. The van der Waals surface area contributed by atoms with Gasteiger partial charge in [-0.3, -0.25) is 14.3 Å². The predicted molar refractivity (Wildman–Crippen MR) is 78.7 cm³/mol. The van der Waals surface area contributed by atoms with Crippen molar-refractivity contribution in [2.45, 2.75) is 6.54 Å². The summed E-state index contributed by atoms with van der Waals surface area (Å²) in [6, 6.07) is 7.40. The van der Waals surface area contributed by atoms with E-state index in [-0.39, 0.29) is 0 Å².